The standard InChI is InChI=1S/C16H10O4/c17-14-9-15(18)20-16(19-14)12-7-3-1-5-10(12)11-6-2-4-8-13(11)16/h1-8H,9H2. The smallest absolute Gasteiger partial charge is 0.320 e. The molecular formula is C16H10O4. The second-order valence-electron chi connectivity index (χ2n) is 4.83. The van der Waals surface area contributed by atoms with Crippen molar-refractivity contribution in [1.82, 2.24) is 0 Å². The van der Waals surface area contributed by atoms with Crippen LogP contribution in [0.4, 0.5) is 0 Å². The average molecular weight is 266 g/mol. The van der Waals surface area contributed by atoms with Crippen molar-refractivity contribution < 1.29 is 19.1 Å². The molecule has 0 radical (unpaired) electrons. The Morgan fingerprint density at radius 2 is 1.20 bits per heavy atom. The quantitative estimate of drug-likeness (QED) is 0.542. The zero-order valence-corrected chi connectivity index (χ0v) is 10.5. The number of carbonyl (C=O) groups excluding carboxylic acids is 2. The molecule has 4 rings (SSSR count). The second kappa shape index (κ2) is 3.70. The van der Waals surface area contributed by atoms with Crippen molar-refractivity contribution in [2.75, 3.05) is 0 Å². The summed E-state index contributed by atoms with van der Waals surface area (Å²) in [6.07, 6.45) is -0.341. The number of ether oxygens (including phenoxy) is 2. The Labute approximate surface area is 114 Å². The molecule has 1 saturated heterocycles. The molecule has 1 aliphatic heterocycles. The summed E-state index contributed by atoms with van der Waals surface area (Å²) in [5, 5.41) is 0. The van der Waals surface area contributed by atoms with E-state index >= 15 is 0 Å². The molecule has 0 amide bonds. The van der Waals surface area contributed by atoms with Gasteiger partial charge in [0.05, 0.1) is 0 Å². The fourth-order valence-electron chi connectivity index (χ4n) is 2.91. The lowest BCUT2D eigenvalue weighted by atomic mass is 10.0. The summed E-state index contributed by atoms with van der Waals surface area (Å²) < 4.78 is 11.0. The molecule has 0 atom stereocenters. The van der Waals surface area contributed by atoms with Crippen molar-refractivity contribution in [1.29, 1.82) is 0 Å². The third-order valence-corrected chi connectivity index (χ3v) is 3.66. The number of hydrogen-bond acceptors (Lipinski definition) is 4. The van der Waals surface area contributed by atoms with Crippen molar-refractivity contribution in [3.05, 3.63) is 59.7 Å². The van der Waals surface area contributed by atoms with Gasteiger partial charge in [0, 0.05) is 11.1 Å². The molecule has 4 heteroatoms. The van der Waals surface area contributed by atoms with Crippen molar-refractivity contribution in [3.8, 4) is 11.1 Å². The first-order valence-electron chi connectivity index (χ1n) is 6.34. The van der Waals surface area contributed by atoms with Crippen molar-refractivity contribution >= 4 is 11.9 Å². The van der Waals surface area contributed by atoms with Crippen molar-refractivity contribution in [2.24, 2.45) is 0 Å². The van der Waals surface area contributed by atoms with Gasteiger partial charge in [0.2, 0.25) is 0 Å². The molecule has 2 aromatic rings. The summed E-state index contributed by atoms with van der Waals surface area (Å²) in [5.41, 5.74) is 3.24. The van der Waals surface area contributed by atoms with Crippen LogP contribution in [0.1, 0.15) is 17.5 Å². The average Bonchev–Trinajstić information content (AvgIpc) is 2.70. The minimum Gasteiger partial charge on any atom is -0.413 e. The molecule has 1 spiro atoms. The summed E-state index contributed by atoms with van der Waals surface area (Å²) in [6, 6.07) is 15.0. The van der Waals surface area contributed by atoms with Crippen LogP contribution >= 0.6 is 0 Å². The fourth-order valence-corrected chi connectivity index (χ4v) is 2.91. The predicted octanol–water partition coefficient (Wildman–Crippen LogP) is 2.36. The summed E-state index contributed by atoms with van der Waals surface area (Å²) in [5.74, 6) is -2.54. The maximum absolute atomic E-state index is 11.7. The van der Waals surface area contributed by atoms with Gasteiger partial charge in [-0.2, -0.15) is 0 Å². The maximum atomic E-state index is 11.7. The zero-order valence-electron chi connectivity index (χ0n) is 10.5. The maximum Gasteiger partial charge on any atom is 0.320 e. The molecule has 1 fully saturated rings. The van der Waals surface area contributed by atoms with Gasteiger partial charge < -0.3 is 9.47 Å². The largest absolute Gasteiger partial charge is 0.413 e. The Morgan fingerprint density at radius 1 is 0.750 bits per heavy atom. The molecule has 0 unspecified atom stereocenters. The molecule has 1 aliphatic carbocycles. The highest BCUT2D eigenvalue weighted by Crippen LogP contribution is 2.51. The summed E-state index contributed by atoms with van der Waals surface area (Å²) in [4.78, 5) is 23.5. The number of carbonyl (C=O) groups is 2. The third-order valence-electron chi connectivity index (χ3n) is 3.66. The first-order chi connectivity index (χ1) is 9.71. The van der Waals surface area contributed by atoms with E-state index in [9.17, 15) is 9.59 Å². The van der Waals surface area contributed by atoms with E-state index in [0.717, 1.165) is 11.1 Å². The third kappa shape index (κ3) is 1.30. The van der Waals surface area contributed by atoms with E-state index in [1.807, 2.05) is 48.5 Å². The molecule has 2 aliphatic rings. The van der Waals surface area contributed by atoms with E-state index in [1.165, 1.54) is 0 Å². The molecule has 2 aromatic carbocycles. The van der Waals surface area contributed by atoms with Gasteiger partial charge in [-0.1, -0.05) is 48.5 Å². The lowest BCUT2D eigenvalue weighted by molar-refractivity contribution is -0.232. The monoisotopic (exact) mass is 266 g/mol. The highest BCUT2D eigenvalue weighted by atomic mass is 16.7. The Kier molecular flexibility index (Phi) is 2.07. The van der Waals surface area contributed by atoms with Gasteiger partial charge in [0.1, 0.15) is 6.42 Å². The van der Waals surface area contributed by atoms with Crippen LogP contribution in [0.2, 0.25) is 0 Å². The van der Waals surface area contributed by atoms with Crippen molar-refractivity contribution in [3.63, 3.8) is 0 Å². The Bertz CT molecular complexity index is 684. The normalized spacial score (nSPS) is 18.2. The minimum absolute atomic E-state index is 0.341. The Hall–Kier alpha value is -2.62. The predicted molar refractivity (Wildman–Crippen MR) is 69.5 cm³/mol. The molecule has 1 heterocycles. The van der Waals surface area contributed by atoms with Gasteiger partial charge in [-0.25, -0.2) is 0 Å². The molecule has 0 saturated carbocycles. The van der Waals surface area contributed by atoms with Crippen LogP contribution < -0.4 is 0 Å². The van der Waals surface area contributed by atoms with Gasteiger partial charge in [-0.15, -0.1) is 0 Å². The number of rotatable bonds is 0. The lowest BCUT2D eigenvalue weighted by Crippen LogP contribution is -2.42. The molecule has 4 nitrogen and oxygen atoms in total. The molecule has 98 valence electrons. The van der Waals surface area contributed by atoms with Gasteiger partial charge in [-0.05, 0) is 11.1 Å². The van der Waals surface area contributed by atoms with E-state index in [0.29, 0.717) is 11.1 Å². The van der Waals surface area contributed by atoms with Gasteiger partial charge in [0.15, 0.2) is 0 Å². The highest BCUT2D eigenvalue weighted by molar-refractivity contribution is 5.95. The summed E-state index contributed by atoms with van der Waals surface area (Å²) >= 11 is 0. The number of fused-ring (bicyclic) bond motifs is 5. The van der Waals surface area contributed by atoms with E-state index in [-0.39, 0.29) is 6.42 Å². The lowest BCUT2D eigenvalue weighted by Gasteiger charge is -2.33. The van der Waals surface area contributed by atoms with Crippen LogP contribution in [0, 0.1) is 0 Å². The highest BCUT2D eigenvalue weighted by Gasteiger charge is 2.52. The van der Waals surface area contributed by atoms with E-state index in [4.69, 9.17) is 9.47 Å². The molecule has 0 bridgehead atoms. The van der Waals surface area contributed by atoms with Crippen LogP contribution in [0.25, 0.3) is 11.1 Å². The Morgan fingerprint density at radius 3 is 1.70 bits per heavy atom. The topological polar surface area (TPSA) is 52.6 Å². The second-order valence-corrected chi connectivity index (χ2v) is 4.83. The minimum atomic E-state index is -1.42. The zero-order chi connectivity index (χ0) is 13.7. The van der Waals surface area contributed by atoms with Gasteiger partial charge in [0.25, 0.3) is 0 Å². The molecule has 0 aromatic heterocycles. The molecular weight excluding hydrogens is 256 g/mol. The number of benzene rings is 2. The number of esters is 2. The van der Waals surface area contributed by atoms with Crippen LogP contribution in [0.3, 0.4) is 0 Å². The van der Waals surface area contributed by atoms with E-state index < -0.39 is 17.7 Å². The molecule has 20 heavy (non-hydrogen) atoms. The van der Waals surface area contributed by atoms with E-state index in [2.05, 4.69) is 0 Å². The first kappa shape index (κ1) is 11.2. The summed E-state index contributed by atoms with van der Waals surface area (Å²) in [6.45, 7) is 0. The molecule has 0 N–H and O–H groups in total. The SMILES string of the molecule is O=C1CC(=O)OC2(O1)c1ccccc1-c1ccccc12. The first-order valence-corrected chi connectivity index (χ1v) is 6.34. The van der Waals surface area contributed by atoms with Crippen LogP contribution in [-0.4, -0.2) is 11.9 Å². The fraction of sp³-hybridized carbons (Fsp3) is 0.125. The summed E-state index contributed by atoms with van der Waals surface area (Å²) in [7, 11) is 0. The van der Waals surface area contributed by atoms with Gasteiger partial charge >= 0.3 is 17.7 Å². The van der Waals surface area contributed by atoms with Crippen LogP contribution in [0.5, 0.6) is 0 Å². The number of hydrogen-bond donors (Lipinski definition) is 0. The van der Waals surface area contributed by atoms with Crippen molar-refractivity contribution in [2.45, 2.75) is 12.2 Å². The van der Waals surface area contributed by atoms with Gasteiger partial charge in [-0.3, -0.25) is 9.59 Å². The van der Waals surface area contributed by atoms with Crippen LogP contribution in [0.15, 0.2) is 48.5 Å². The van der Waals surface area contributed by atoms with E-state index in [1.54, 1.807) is 0 Å². The Balaban J connectivity index is 2.04. The van der Waals surface area contributed by atoms with Crippen LogP contribution in [-0.2, 0) is 24.8 Å².